The molecule has 1 fully saturated rings. The third kappa shape index (κ3) is 7.04. The standard InChI is InChI=1S/C22H27N3O6S2/c1-31-20-8-6-19(7-9-20)24-33(29,30)21-10-3-17(4-11-21)5-12-22(26)23-18-13-15-25(16-14-18)32(2,27)28/h3-12,18,24H,13-16H2,1-2H3,(H,23,26)/b12-5+. The van der Waals surface area contributed by atoms with Crippen LogP contribution in [0.25, 0.3) is 6.08 Å². The summed E-state index contributed by atoms with van der Waals surface area (Å²) in [6.07, 6.45) is 5.26. The van der Waals surface area contributed by atoms with Gasteiger partial charge in [-0.3, -0.25) is 9.52 Å². The van der Waals surface area contributed by atoms with Gasteiger partial charge in [-0.2, -0.15) is 0 Å². The van der Waals surface area contributed by atoms with Crippen LogP contribution in [0.15, 0.2) is 59.5 Å². The molecule has 3 rings (SSSR count). The number of piperidine rings is 1. The monoisotopic (exact) mass is 493 g/mol. The first-order valence-corrected chi connectivity index (χ1v) is 13.6. The second kappa shape index (κ2) is 10.4. The molecular formula is C22H27N3O6S2. The van der Waals surface area contributed by atoms with Crippen molar-refractivity contribution in [3.05, 3.63) is 60.2 Å². The number of amides is 1. The summed E-state index contributed by atoms with van der Waals surface area (Å²) in [5.74, 6) is 0.336. The molecule has 178 valence electrons. The third-order valence-corrected chi connectivity index (χ3v) is 7.93. The van der Waals surface area contributed by atoms with Crippen LogP contribution in [0.5, 0.6) is 5.75 Å². The van der Waals surface area contributed by atoms with Crippen LogP contribution < -0.4 is 14.8 Å². The van der Waals surface area contributed by atoms with E-state index in [2.05, 4.69) is 10.0 Å². The van der Waals surface area contributed by atoms with Crippen molar-refractivity contribution < 1.29 is 26.4 Å². The largest absolute Gasteiger partial charge is 0.497 e. The van der Waals surface area contributed by atoms with Crippen LogP contribution in [0.3, 0.4) is 0 Å². The van der Waals surface area contributed by atoms with E-state index in [0.717, 1.165) is 0 Å². The van der Waals surface area contributed by atoms with Gasteiger partial charge in [0.1, 0.15) is 5.75 Å². The lowest BCUT2D eigenvalue weighted by Crippen LogP contribution is -2.45. The molecule has 0 aliphatic carbocycles. The third-order valence-electron chi connectivity index (χ3n) is 5.23. The van der Waals surface area contributed by atoms with E-state index in [1.54, 1.807) is 42.5 Å². The Morgan fingerprint density at radius 2 is 1.61 bits per heavy atom. The number of nitrogens with one attached hydrogen (secondary N) is 2. The number of ether oxygens (including phenoxy) is 1. The number of sulfonamides is 2. The summed E-state index contributed by atoms with van der Waals surface area (Å²) in [6.45, 7) is 0.766. The molecule has 2 aromatic carbocycles. The van der Waals surface area contributed by atoms with Crippen LogP contribution in [0.2, 0.25) is 0 Å². The number of anilines is 1. The second-order valence-electron chi connectivity index (χ2n) is 7.68. The van der Waals surface area contributed by atoms with Crippen molar-refractivity contribution in [2.24, 2.45) is 0 Å². The van der Waals surface area contributed by atoms with Gasteiger partial charge in [-0.25, -0.2) is 21.1 Å². The summed E-state index contributed by atoms with van der Waals surface area (Å²) in [5.41, 5.74) is 1.08. The molecule has 0 saturated carbocycles. The minimum atomic E-state index is -3.76. The SMILES string of the molecule is COc1ccc(NS(=O)(=O)c2ccc(/C=C/C(=O)NC3CCN(S(C)(=O)=O)CC3)cc2)cc1. The Kier molecular flexibility index (Phi) is 7.77. The summed E-state index contributed by atoms with van der Waals surface area (Å²) >= 11 is 0. The van der Waals surface area contributed by atoms with E-state index in [0.29, 0.717) is 42.9 Å². The van der Waals surface area contributed by atoms with Gasteiger partial charge in [0, 0.05) is 30.9 Å². The van der Waals surface area contributed by atoms with Gasteiger partial charge >= 0.3 is 0 Å². The van der Waals surface area contributed by atoms with Gasteiger partial charge in [0.15, 0.2) is 0 Å². The van der Waals surface area contributed by atoms with Gasteiger partial charge in [0.2, 0.25) is 15.9 Å². The van der Waals surface area contributed by atoms with Crippen LogP contribution in [-0.2, 0) is 24.8 Å². The first kappa shape index (κ1) is 24.7. The molecule has 0 bridgehead atoms. The Balaban J connectivity index is 1.54. The number of benzene rings is 2. The summed E-state index contributed by atoms with van der Waals surface area (Å²) < 4.78 is 57.2. The van der Waals surface area contributed by atoms with E-state index >= 15 is 0 Å². The number of hydrogen-bond donors (Lipinski definition) is 2. The van der Waals surface area contributed by atoms with E-state index in [4.69, 9.17) is 4.74 Å². The lowest BCUT2D eigenvalue weighted by atomic mass is 10.1. The normalized spacial score (nSPS) is 15.9. The molecular weight excluding hydrogens is 466 g/mol. The van der Waals surface area contributed by atoms with Crippen LogP contribution >= 0.6 is 0 Å². The van der Waals surface area contributed by atoms with Crippen LogP contribution in [-0.4, -0.2) is 59.5 Å². The van der Waals surface area contributed by atoms with E-state index < -0.39 is 20.0 Å². The highest BCUT2D eigenvalue weighted by atomic mass is 32.2. The summed E-state index contributed by atoms with van der Waals surface area (Å²) in [6, 6.07) is 12.6. The zero-order valence-electron chi connectivity index (χ0n) is 18.4. The van der Waals surface area contributed by atoms with Crippen molar-refractivity contribution in [1.82, 2.24) is 9.62 Å². The number of rotatable bonds is 8. The van der Waals surface area contributed by atoms with E-state index in [9.17, 15) is 21.6 Å². The fourth-order valence-corrected chi connectivity index (χ4v) is 5.32. The minimum Gasteiger partial charge on any atom is -0.497 e. The molecule has 0 spiro atoms. The predicted octanol–water partition coefficient (Wildman–Crippen LogP) is 2.05. The Labute approximate surface area is 194 Å². The maximum absolute atomic E-state index is 12.6. The Hall–Kier alpha value is -2.89. The van der Waals surface area contributed by atoms with Gasteiger partial charge in [-0.15, -0.1) is 0 Å². The maximum Gasteiger partial charge on any atom is 0.261 e. The number of carbonyl (C=O) groups excluding carboxylic acids is 1. The molecule has 0 aromatic heterocycles. The van der Waals surface area contributed by atoms with Crippen molar-refractivity contribution >= 4 is 37.7 Å². The molecule has 0 atom stereocenters. The zero-order valence-corrected chi connectivity index (χ0v) is 20.0. The number of carbonyl (C=O) groups is 1. The number of hydrogen-bond acceptors (Lipinski definition) is 6. The molecule has 33 heavy (non-hydrogen) atoms. The zero-order chi connectivity index (χ0) is 24.1. The van der Waals surface area contributed by atoms with Gasteiger partial charge in [-0.05, 0) is 60.9 Å². The predicted molar refractivity (Wildman–Crippen MR) is 127 cm³/mol. The van der Waals surface area contributed by atoms with Gasteiger partial charge in [0.25, 0.3) is 10.0 Å². The molecule has 11 heteroatoms. The Morgan fingerprint density at radius 3 is 2.15 bits per heavy atom. The molecule has 1 saturated heterocycles. The quantitative estimate of drug-likeness (QED) is 0.543. The van der Waals surface area contributed by atoms with E-state index in [1.165, 1.54) is 35.9 Å². The fourth-order valence-electron chi connectivity index (χ4n) is 3.38. The lowest BCUT2D eigenvalue weighted by molar-refractivity contribution is -0.117. The minimum absolute atomic E-state index is 0.0864. The highest BCUT2D eigenvalue weighted by Gasteiger charge is 2.25. The molecule has 0 unspecified atom stereocenters. The Bertz CT molecular complexity index is 1200. The van der Waals surface area contributed by atoms with Crippen molar-refractivity contribution in [2.45, 2.75) is 23.8 Å². The van der Waals surface area contributed by atoms with Crippen molar-refractivity contribution in [2.75, 3.05) is 31.2 Å². The van der Waals surface area contributed by atoms with Crippen LogP contribution in [0.1, 0.15) is 18.4 Å². The van der Waals surface area contributed by atoms with Gasteiger partial charge in [0.05, 0.1) is 18.3 Å². The highest BCUT2D eigenvalue weighted by Crippen LogP contribution is 2.20. The molecule has 2 N–H and O–H groups in total. The number of methoxy groups -OCH3 is 1. The molecule has 0 radical (unpaired) electrons. The smallest absolute Gasteiger partial charge is 0.261 e. The highest BCUT2D eigenvalue weighted by molar-refractivity contribution is 7.92. The molecule has 1 amide bonds. The van der Waals surface area contributed by atoms with Crippen LogP contribution in [0.4, 0.5) is 5.69 Å². The van der Waals surface area contributed by atoms with Gasteiger partial charge in [-0.1, -0.05) is 12.1 Å². The van der Waals surface area contributed by atoms with Crippen LogP contribution in [0, 0.1) is 0 Å². The topological polar surface area (TPSA) is 122 Å². The Morgan fingerprint density at radius 1 is 1.00 bits per heavy atom. The summed E-state index contributed by atoms with van der Waals surface area (Å²) in [5, 5.41) is 2.87. The molecule has 2 aromatic rings. The average Bonchev–Trinajstić information content (AvgIpc) is 2.78. The molecule has 1 aliphatic rings. The van der Waals surface area contributed by atoms with Crippen molar-refractivity contribution in [1.29, 1.82) is 0 Å². The first-order valence-electron chi connectivity index (χ1n) is 10.3. The lowest BCUT2D eigenvalue weighted by Gasteiger charge is -2.30. The van der Waals surface area contributed by atoms with Crippen molar-refractivity contribution in [3.8, 4) is 5.75 Å². The second-order valence-corrected chi connectivity index (χ2v) is 11.3. The molecule has 9 nitrogen and oxygen atoms in total. The average molecular weight is 494 g/mol. The fraction of sp³-hybridized carbons (Fsp3) is 0.318. The van der Waals surface area contributed by atoms with E-state index in [-0.39, 0.29) is 16.8 Å². The number of nitrogens with zero attached hydrogens (tertiary/aromatic N) is 1. The summed E-state index contributed by atoms with van der Waals surface area (Å²) in [4.78, 5) is 12.3. The maximum atomic E-state index is 12.6. The molecule has 1 heterocycles. The first-order chi connectivity index (χ1) is 15.6. The van der Waals surface area contributed by atoms with E-state index in [1.807, 2.05) is 0 Å². The molecule has 1 aliphatic heterocycles. The summed E-state index contributed by atoms with van der Waals surface area (Å²) in [7, 11) is -5.43. The van der Waals surface area contributed by atoms with Gasteiger partial charge < -0.3 is 10.1 Å². The van der Waals surface area contributed by atoms with Crippen molar-refractivity contribution in [3.63, 3.8) is 0 Å².